The van der Waals surface area contributed by atoms with Crippen molar-refractivity contribution in [2.24, 2.45) is 13.0 Å². The van der Waals surface area contributed by atoms with Crippen LogP contribution in [-0.2, 0) is 16.6 Å². The van der Waals surface area contributed by atoms with Crippen molar-refractivity contribution in [3.63, 3.8) is 0 Å². The van der Waals surface area contributed by atoms with Crippen LogP contribution in [0.4, 0.5) is 5.69 Å². The summed E-state index contributed by atoms with van der Waals surface area (Å²) in [7, 11) is 3.25. The molecule has 0 aromatic carbocycles. The molecule has 0 saturated carbocycles. The number of carbonyl (C=O) groups is 1. The Labute approximate surface area is 114 Å². The molecule has 0 aliphatic rings. The van der Waals surface area contributed by atoms with Gasteiger partial charge in [-0.15, -0.1) is 0 Å². The number of halogens is 1. The Morgan fingerprint density at radius 1 is 1.44 bits per heavy atom. The van der Waals surface area contributed by atoms with E-state index in [1.54, 1.807) is 24.0 Å². The first kappa shape index (κ1) is 14.9. The molecule has 0 aliphatic carbocycles. The lowest BCUT2D eigenvalue weighted by molar-refractivity contribution is -0.128. The van der Waals surface area contributed by atoms with Gasteiger partial charge in [0.1, 0.15) is 11.8 Å². The number of carbonyl (C=O) groups excluding carboxylic acids is 1. The Morgan fingerprint density at radius 2 is 2.06 bits per heavy atom. The summed E-state index contributed by atoms with van der Waals surface area (Å²) in [6.07, 6.45) is 2.63. The van der Waals surface area contributed by atoms with Gasteiger partial charge in [0.2, 0.25) is 5.43 Å². The Bertz CT molecular complexity index is 497. The number of hydrogen-bond acceptors (Lipinski definition) is 3. The zero-order valence-corrected chi connectivity index (χ0v) is 12.4. The lowest BCUT2D eigenvalue weighted by Crippen LogP contribution is -2.35. The van der Waals surface area contributed by atoms with Gasteiger partial charge < -0.3 is 14.6 Å². The number of rotatable bonds is 4. The van der Waals surface area contributed by atoms with Gasteiger partial charge in [0.15, 0.2) is 0 Å². The van der Waals surface area contributed by atoms with Crippen molar-refractivity contribution in [1.29, 1.82) is 0 Å². The van der Waals surface area contributed by atoms with Gasteiger partial charge in [-0.1, -0.05) is 13.8 Å². The fourth-order valence-corrected chi connectivity index (χ4v) is 2.18. The molecular weight excluding hydrogens is 300 g/mol. The van der Waals surface area contributed by atoms with Gasteiger partial charge in [-0.05, 0) is 21.8 Å². The van der Waals surface area contributed by atoms with E-state index in [1.165, 1.54) is 7.11 Å². The molecule has 1 rings (SSSR count). The SMILES string of the molecule is COC(C(=O)Nc1cn(C)cc(Br)c1=O)C(C)C. The van der Waals surface area contributed by atoms with Crippen molar-refractivity contribution >= 4 is 27.5 Å². The molecule has 1 atom stereocenters. The van der Waals surface area contributed by atoms with E-state index in [9.17, 15) is 9.59 Å². The zero-order chi connectivity index (χ0) is 13.9. The predicted octanol–water partition coefficient (Wildman–Crippen LogP) is 1.76. The number of aryl methyl sites for hydroxylation is 1. The molecule has 0 radical (unpaired) electrons. The van der Waals surface area contributed by atoms with Crippen LogP contribution in [0.3, 0.4) is 0 Å². The molecule has 0 fully saturated rings. The van der Waals surface area contributed by atoms with Gasteiger partial charge in [0.25, 0.3) is 5.91 Å². The molecule has 5 nitrogen and oxygen atoms in total. The summed E-state index contributed by atoms with van der Waals surface area (Å²) in [5.74, 6) is -0.284. The number of hydrogen-bond donors (Lipinski definition) is 1. The molecular formula is C12H17BrN2O3. The van der Waals surface area contributed by atoms with E-state index < -0.39 is 6.10 Å². The van der Waals surface area contributed by atoms with E-state index >= 15 is 0 Å². The third-order valence-corrected chi connectivity index (χ3v) is 3.05. The number of nitrogens with zero attached hydrogens (tertiary/aromatic N) is 1. The second kappa shape index (κ2) is 6.15. The number of ether oxygens (including phenoxy) is 1. The summed E-state index contributed by atoms with van der Waals surface area (Å²) < 4.78 is 7.21. The molecule has 6 heteroatoms. The van der Waals surface area contributed by atoms with Crippen LogP contribution in [0.25, 0.3) is 0 Å². The Balaban J connectivity index is 2.98. The van der Waals surface area contributed by atoms with Crippen molar-refractivity contribution < 1.29 is 9.53 Å². The highest BCUT2D eigenvalue weighted by Crippen LogP contribution is 2.11. The molecule has 1 unspecified atom stereocenters. The third-order valence-electron chi connectivity index (χ3n) is 2.49. The van der Waals surface area contributed by atoms with Crippen LogP contribution in [0, 0.1) is 5.92 Å². The van der Waals surface area contributed by atoms with Crippen LogP contribution in [0.5, 0.6) is 0 Å². The van der Waals surface area contributed by atoms with Crippen molar-refractivity contribution in [2.75, 3.05) is 12.4 Å². The fraction of sp³-hybridized carbons (Fsp3) is 0.500. The monoisotopic (exact) mass is 316 g/mol. The summed E-state index contributed by atoms with van der Waals surface area (Å²) >= 11 is 3.15. The van der Waals surface area contributed by atoms with Gasteiger partial charge in [0, 0.05) is 26.6 Å². The average molecular weight is 317 g/mol. The fourth-order valence-electron chi connectivity index (χ4n) is 1.64. The maximum atomic E-state index is 12.0. The van der Waals surface area contributed by atoms with Crippen molar-refractivity contribution in [3.05, 3.63) is 27.1 Å². The predicted molar refractivity (Wildman–Crippen MR) is 73.6 cm³/mol. The molecule has 18 heavy (non-hydrogen) atoms. The maximum absolute atomic E-state index is 12.0. The van der Waals surface area contributed by atoms with Crippen molar-refractivity contribution in [1.82, 2.24) is 4.57 Å². The second-order valence-electron chi connectivity index (χ2n) is 4.40. The zero-order valence-electron chi connectivity index (χ0n) is 10.9. The van der Waals surface area contributed by atoms with E-state index in [0.717, 1.165) is 0 Å². The number of aromatic nitrogens is 1. The highest BCUT2D eigenvalue weighted by Gasteiger charge is 2.22. The van der Waals surface area contributed by atoms with Gasteiger partial charge in [-0.3, -0.25) is 9.59 Å². The third kappa shape index (κ3) is 3.43. The van der Waals surface area contributed by atoms with Crippen LogP contribution in [0.15, 0.2) is 21.7 Å². The minimum Gasteiger partial charge on any atom is -0.371 e. The van der Waals surface area contributed by atoms with Crippen LogP contribution in [0.1, 0.15) is 13.8 Å². The first-order valence-corrected chi connectivity index (χ1v) is 6.35. The number of nitrogens with one attached hydrogen (secondary N) is 1. The number of anilines is 1. The molecule has 1 amide bonds. The second-order valence-corrected chi connectivity index (χ2v) is 5.26. The lowest BCUT2D eigenvalue weighted by atomic mass is 10.1. The summed E-state index contributed by atoms with van der Waals surface area (Å²) in [5, 5.41) is 2.60. The lowest BCUT2D eigenvalue weighted by Gasteiger charge is -2.18. The summed E-state index contributed by atoms with van der Waals surface area (Å²) in [5.41, 5.74) is -0.0142. The largest absolute Gasteiger partial charge is 0.371 e. The molecule has 1 aromatic rings. The quantitative estimate of drug-likeness (QED) is 0.920. The van der Waals surface area contributed by atoms with Crippen LogP contribution < -0.4 is 10.7 Å². The van der Waals surface area contributed by atoms with E-state index in [4.69, 9.17) is 4.74 Å². The topological polar surface area (TPSA) is 60.3 Å². The summed E-state index contributed by atoms with van der Waals surface area (Å²) in [6.45, 7) is 3.76. The molecule has 100 valence electrons. The van der Waals surface area contributed by atoms with Gasteiger partial charge in [-0.2, -0.15) is 0 Å². The van der Waals surface area contributed by atoms with Gasteiger partial charge in [-0.25, -0.2) is 0 Å². The molecule has 1 heterocycles. The molecule has 0 aliphatic heterocycles. The first-order valence-electron chi connectivity index (χ1n) is 5.56. The smallest absolute Gasteiger partial charge is 0.253 e. The number of pyridine rings is 1. The standard InChI is InChI=1S/C12H17BrN2O3/c1-7(2)11(18-4)12(17)14-9-6-15(3)5-8(13)10(9)16/h5-7,11H,1-4H3,(H,14,17). The Morgan fingerprint density at radius 3 is 2.56 bits per heavy atom. The van der Waals surface area contributed by atoms with Crippen LogP contribution in [-0.4, -0.2) is 23.7 Å². The van der Waals surface area contributed by atoms with Crippen LogP contribution in [0.2, 0.25) is 0 Å². The van der Waals surface area contributed by atoms with E-state index in [1.807, 2.05) is 13.8 Å². The molecule has 0 saturated heterocycles. The molecule has 0 bridgehead atoms. The van der Waals surface area contributed by atoms with E-state index in [0.29, 0.717) is 4.47 Å². The molecule has 1 aromatic heterocycles. The average Bonchev–Trinajstić information content (AvgIpc) is 2.25. The number of methoxy groups -OCH3 is 1. The Hall–Kier alpha value is -1.14. The molecule has 1 N–H and O–H groups in total. The highest BCUT2D eigenvalue weighted by molar-refractivity contribution is 9.10. The Kier molecular flexibility index (Phi) is 5.10. The summed E-state index contributed by atoms with van der Waals surface area (Å²) in [6, 6.07) is 0. The van der Waals surface area contributed by atoms with Crippen molar-refractivity contribution in [2.45, 2.75) is 20.0 Å². The van der Waals surface area contributed by atoms with E-state index in [-0.39, 0.29) is 22.9 Å². The van der Waals surface area contributed by atoms with Crippen LogP contribution >= 0.6 is 15.9 Å². The first-order chi connectivity index (χ1) is 8.36. The van der Waals surface area contributed by atoms with Gasteiger partial charge >= 0.3 is 0 Å². The maximum Gasteiger partial charge on any atom is 0.253 e. The summed E-state index contributed by atoms with van der Waals surface area (Å²) in [4.78, 5) is 23.8. The minimum atomic E-state index is -0.575. The highest BCUT2D eigenvalue weighted by atomic mass is 79.9. The normalized spacial score (nSPS) is 12.6. The minimum absolute atomic E-state index is 0.0333. The number of amides is 1. The van der Waals surface area contributed by atoms with Crippen molar-refractivity contribution in [3.8, 4) is 0 Å². The van der Waals surface area contributed by atoms with Gasteiger partial charge in [0.05, 0.1) is 4.47 Å². The molecule has 0 spiro atoms. The van der Waals surface area contributed by atoms with E-state index in [2.05, 4.69) is 21.2 Å².